The van der Waals surface area contributed by atoms with E-state index < -0.39 is 0 Å². The summed E-state index contributed by atoms with van der Waals surface area (Å²) in [7, 11) is 0. The molecule has 7 heteroatoms. The van der Waals surface area contributed by atoms with Crippen LogP contribution in [0.15, 0.2) is 73.3 Å². The summed E-state index contributed by atoms with van der Waals surface area (Å²) in [4.78, 5) is 29.4. The Labute approximate surface area is 180 Å². The predicted octanol–water partition coefficient (Wildman–Crippen LogP) is 4.27. The minimum atomic E-state index is -0.228. The molecule has 0 spiro atoms. The number of hydrogen-bond donors (Lipinski definition) is 1. The second-order valence-electron chi connectivity index (χ2n) is 7.07. The van der Waals surface area contributed by atoms with Crippen molar-refractivity contribution < 1.29 is 9.53 Å². The molecule has 154 valence electrons. The van der Waals surface area contributed by atoms with Crippen molar-refractivity contribution in [3.63, 3.8) is 0 Å². The van der Waals surface area contributed by atoms with E-state index in [9.17, 15) is 4.79 Å². The minimum Gasteiger partial charge on any atom is -0.424 e. The molecule has 0 unspecified atom stereocenters. The zero-order valence-corrected chi connectivity index (χ0v) is 17.2. The predicted molar refractivity (Wildman–Crippen MR) is 117 cm³/mol. The first-order valence-corrected chi connectivity index (χ1v) is 9.79. The van der Waals surface area contributed by atoms with Gasteiger partial charge in [-0.3, -0.25) is 4.79 Å². The van der Waals surface area contributed by atoms with Crippen LogP contribution < -0.4 is 10.1 Å². The van der Waals surface area contributed by atoms with E-state index in [1.54, 1.807) is 36.9 Å². The minimum absolute atomic E-state index is 0.215. The number of carbonyl (C=O) groups excluding carboxylic acids is 1. The molecule has 0 saturated carbocycles. The van der Waals surface area contributed by atoms with Crippen LogP contribution >= 0.6 is 0 Å². The highest BCUT2D eigenvalue weighted by Crippen LogP contribution is 2.28. The second-order valence-corrected chi connectivity index (χ2v) is 7.07. The van der Waals surface area contributed by atoms with Gasteiger partial charge >= 0.3 is 6.01 Å². The van der Waals surface area contributed by atoms with Crippen molar-refractivity contribution in [2.75, 3.05) is 0 Å². The molecule has 0 aliphatic carbocycles. The van der Waals surface area contributed by atoms with Gasteiger partial charge in [0.05, 0.1) is 0 Å². The molecule has 0 aliphatic rings. The average molecular weight is 411 g/mol. The van der Waals surface area contributed by atoms with E-state index in [-0.39, 0.29) is 11.9 Å². The number of rotatable bonds is 6. The molecule has 7 nitrogen and oxygen atoms in total. The highest BCUT2D eigenvalue weighted by molar-refractivity contribution is 5.96. The molecule has 0 bridgehead atoms. The Bertz CT molecular complexity index is 1180. The van der Waals surface area contributed by atoms with Crippen molar-refractivity contribution in [2.24, 2.45) is 0 Å². The van der Waals surface area contributed by atoms with E-state index in [0.717, 1.165) is 22.3 Å². The number of nitrogens with zero attached hydrogens (tertiary/aromatic N) is 4. The lowest BCUT2D eigenvalue weighted by atomic mass is 10.0. The lowest BCUT2D eigenvalue weighted by Gasteiger charge is -2.11. The van der Waals surface area contributed by atoms with Crippen molar-refractivity contribution in [1.82, 2.24) is 25.3 Å². The van der Waals surface area contributed by atoms with Crippen LogP contribution in [0.4, 0.5) is 0 Å². The van der Waals surface area contributed by atoms with Crippen LogP contribution in [0, 0.1) is 13.8 Å². The quantitative estimate of drug-likeness (QED) is 0.510. The van der Waals surface area contributed by atoms with Gasteiger partial charge in [0, 0.05) is 42.5 Å². The molecule has 0 saturated heterocycles. The van der Waals surface area contributed by atoms with Crippen molar-refractivity contribution >= 4 is 5.91 Å². The molecule has 31 heavy (non-hydrogen) atoms. The van der Waals surface area contributed by atoms with E-state index in [1.165, 1.54) is 0 Å². The summed E-state index contributed by atoms with van der Waals surface area (Å²) in [5, 5.41) is 2.91. The molecular formula is C24H21N5O2. The largest absolute Gasteiger partial charge is 0.424 e. The number of aromatic nitrogens is 4. The highest BCUT2D eigenvalue weighted by atomic mass is 16.5. The first-order chi connectivity index (χ1) is 15.1. The molecule has 4 rings (SSSR count). The monoisotopic (exact) mass is 411 g/mol. The van der Waals surface area contributed by atoms with Gasteiger partial charge in [-0.15, -0.1) is 0 Å². The number of nitrogens with one attached hydrogen (secondary N) is 1. The maximum absolute atomic E-state index is 12.9. The van der Waals surface area contributed by atoms with Crippen LogP contribution in [0.1, 0.15) is 27.3 Å². The summed E-state index contributed by atoms with van der Waals surface area (Å²) >= 11 is 0. The number of aryl methyl sites for hydroxylation is 2. The third kappa shape index (κ3) is 5.27. The summed E-state index contributed by atoms with van der Waals surface area (Å²) in [5.41, 5.74) is 4.29. The third-order valence-corrected chi connectivity index (χ3v) is 4.59. The molecule has 0 radical (unpaired) electrons. The Kier molecular flexibility index (Phi) is 5.93. The summed E-state index contributed by atoms with van der Waals surface area (Å²) < 4.78 is 5.81. The molecule has 2 aromatic carbocycles. The van der Waals surface area contributed by atoms with Crippen LogP contribution in [0.25, 0.3) is 11.1 Å². The Hall–Kier alpha value is -4.13. The van der Waals surface area contributed by atoms with Crippen molar-refractivity contribution in [2.45, 2.75) is 20.4 Å². The van der Waals surface area contributed by atoms with Crippen molar-refractivity contribution in [1.29, 1.82) is 0 Å². The number of carbonyl (C=O) groups is 1. The van der Waals surface area contributed by atoms with Crippen LogP contribution in [0.3, 0.4) is 0 Å². The molecule has 4 aromatic rings. The smallest absolute Gasteiger partial charge is 0.321 e. The van der Waals surface area contributed by atoms with Gasteiger partial charge in [-0.25, -0.2) is 19.9 Å². The summed E-state index contributed by atoms with van der Waals surface area (Å²) in [6.45, 7) is 4.17. The zero-order chi connectivity index (χ0) is 21.6. The third-order valence-electron chi connectivity index (χ3n) is 4.59. The summed E-state index contributed by atoms with van der Waals surface area (Å²) in [6, 6.07) is 15.4. The lowest BCUT2D eigenvalue weighted by Crippen LogP contribution is -2.23. The topological polar surface area (TPSA) is 89.9 Å². The van der Waals surface area contributed by atoms with Crippen LogP contribution in [0.2, 0.25) is 0 Å². The maximum atomic E-state index is 12.9. The van der Waals surface area contributed by atoms with E-state index >= 15 is 0 Å². The van der Waals surface area contributed by atoms with E-state index in [4.69, 9.17) is 4.74 Å². The number of amides is 1. The Morgan fingerprint density at radius 1 is 0.903 bits per heavy atom. The average Bonchev–Trinajstić information content (AvgIpc) is 2.79. The normalized spacial score (nSPS) is 10.5. The van der Waals surface area contributed by atoms with E-state index in [2.05, 4.69) is 25.3 Å². The van der Waals surface area contributed by atoms with Gasteiger partial charge in [-0.05, 0) is 49.2 Å². The van der Waals surface area contributed by atoms with Gasteiger partial charge in [-0.2, -0.15) is 0 Å². The van der Waals surface area contributed by atoms with Gasteiger partial charge in [0.25, 0.3) is 5.91 Å². The summed E-state index contributed by atoms with van der Waals surface area (Å²) in [6.07, 6.45) is 6.60. The fourth-order valence-corrected chi connectivity index (χ4v) is 2.94. The Balaban J connectivity index is 1.62. The fourth-order valence-electron chi connectivity index (χ4n) is 2.94. The molecule has 1 amide bonds. The maximum Gasteiger partial charge on any atom is 0.321 e. The summed E-state index contributed by atoms with van der Waals surface area (Å²) in [5.74, 6) is 0.937. The SMILES string of the molecule is Cc1ccc(-c2cc(Oc3ncccn3)cc(C(=O)NCc3cnc(C)nc3)c2)cc1. The van der Waals surface area contributed by atoms with Crippen LogP contribution in [-0.4, -0.2) is 25.8 Å². The van der Waals surface area contributed by atoms with Gasteiger partial charge in [0.15, 0.2) is 0 Å². The first-order valence-electron chi connectivity index (χ1n) is 9.79. The number of hydrogen-bond acceptors (Lipinski definition) is 6. The van der Waals surface area contributed by atoms with Crippen LogP contribution in [-0.2, 0) is 6.54 Å². The fraction of sp³-hybridized carbons (Fsp3) is 0.125. The standard InChI is InChI=1S/C24H21N5O2/c1-16-4-6-19(7-5-16)20-10-21(12-22(11-20)31-24-25-8-3-9-26-24)23(30)29-15-18-13-27-17(2)28-14-18/h3-14H,15H2,1-2H3,(H,29,30). The highest BCUT2D eigenvalue weighted by Gasteiger charge is 2.12. The Morgan fingerprint density at radius 2 is 1.61 bits per heavy atom. The number of ether oxygens (including phenoxy) is 1. The molecule has 2 heterocycles. The Morgan fingerprint density at radius 3 is 2.32 bits per heavy atom. The second kappa shape index (κ2) is 9.13. The van der Waals surface area contributed by atoms with Gasteiger partial charge in [0.2, 0.25) is 0 Å². The first kappa shape index (κ1) is 20.2. The van der Waals surface area contributed by atoms with Gasteiger partial charge < -0.3 is 10.1 Å². The van der Waals surface area contributed by atoms with Crippen molar-refractivity contribution in [3.05, 3.63) is 95.8 Å². The molecule has 1 N–H and O–H groups in total. The zero-order valence-electron chi connectivity index (χ0n) is 17.2. The molecule has 0 fully saturated rings. The van der Waals surface area contributed by atoms with Gasteiger partial charge in [-0.1, -0.05) is 29.8 Å². The van der Waals surface area contributed by atoms with Gasteiger partial charge in [0.1, 0.15) is 11.6 Å². The molecule has 0 atom stereocenters. The molecule has 0 aliphatic heterocycles. The van der Waals surface area contributed by atoms with Crippen LogP contribution in [0.5, 0.6) is 11.8 Å². The van der Waals surface area contributed by atoms with E-state index in [1.807, 2.05) is 50.2 Å². The number of benzene rings is 2. The van der Waals surface area contributed by atoms with Crippen molar-refractivity contribution in [3.8, 4) is 22.9 Å². The molecular weight excluding hydrogens is 390 g/mol. The lowest BCUT2D eigenvalue weighted by molar-refractivity contribution is 0.0950. The van der Waals surface area contributed by atoms with E-state index in [0.29, 0.717) is 23.7 Å². The molecule has 2 aromatic heterocycles.